The number of H-pyrrole nitrogens is 1. The number of carbonyl (C=O) groups excluding carboxylic acids is 2. The number of aromatic hydroxyl groups is 1. The molecule has 3 amide bonds. The van der Waals surface area contributed by atoms with E-state index in [0.29, 0.717) is 17.4 Å². The number of imide groups is 1. The van der Waals surface area contributed by atoms with Crippen LogP contribution in [0, 0.1) is 5.82 Å². The van der Waals surface area contributed by atoms with Gasteiger partial charge in [0, 0.05) is 30.1 Å². The normalized spacial score (nSPS) is 21.7. The number of halogens is 1. The molecule has 0 spiro atoms. The van der Waals surface area contributed by atoms with Crippen LogP contribution in [0.1, 0.15) is 22.9 Å². The van der Waals surface area contributed by atoms with E-state index >= 15 is 0 Å². The first-order valence-corrected chi connectivity index (χ1v) is 8.64. The Bertz CT molecular complexity index is 1120. The number of hydrogen-bond acceptors (Lipinski definition) is 3. The van der Waals surface area contributed by atoms with E-state index in [1.807, 2.05) is 0 Å². The quantitative estimate of drug-likeness (QED) is 0.651. The number of aromatic nitrogens is 1. The van der Waals surface area contributed by atoms with E-state index in [2.05, 4.69) is 4.98 Å². The van der Waals surface area contributed by atoms with Gasteiger partial charge in [0.15, 0.2) is 0 Å². The molecule has 5 rings (SSSR count). The van der Waals surface area contributed by atoms with Crippen molar-refractivity contribution in [3.05, 3.63) is 65.1 Å². The molecule has 1 aromatic heterocycles. The Balaban J connectivity index is 1.79. The highest BCUT2D eigenvalue weighted by Crippen LogP contribution is 2.44. The Kier molecular flexibility index (Phi) is 3.13. The van der Waals surface area contributed by atoms with Gasteiger partial charge in [-0.1, -0.05) is 12.1 Å². The van der Waals surface area contributed by atoms with E-state index in [9.17, 15) is 19.1 Å². The highest BCUT2D eigenvalue weighted by atomic mass is 19.1. The van der Waals surface area contributed by atoms with Crippen LogP contribution in [0.4, 0.5) is 9.18 Å². The second-order valence-electron chi connectivity index (χ2n) is 7.01. The van der Waals surface area contributed by atoms with Gasteiger partial charge in [0.2, 0.25) is 0 Å². The summed E-state index contributed by atoms with van der Waals surface area (Å²) in [5.41, 5.74) is 3.01. The van der Waals surface area contributed by atoms with Gasteiger partial charge in [-0.3, -0.25) is 14.6 Å². The van der Waals surface area contributed by atoms with Crippen LogP contribution in [0.5, 0.6) is 5.75 Å². The lowest BCUT2D eigenvalue weighted by atomic mass is 9.89. The van der Waals surface area contributed by atoms with Crippen LogP contribution in [-0.2, 0) is 11.2 Å². The van der Waals surface area contributed by atoms with Crippen molar-refractivity contribution in [2.75, 3.05) is 7.05 Å². The number of amides is 3. The number of phenols is 1. The molecule has 2 N–H and O–H groups in total. The molecule has 2 aliphatic rings. The number of urea groups is 1. The van der Waals surface area contributed by atoms with Crippen molar-refractivity contribution in [3.8, 4) is 5.75 Å². The zero-order valence-electron chi connectivity index (χ0n) is 14.4. The van der Waals surface area contributed by atoms with Gasteiger partial charge < -0.3 is 10.1 Å². The molecule has 6 nitrogen and oxygen atoms in total. The Morgan fingerprint density at radius 1 is 1.19 bits per heavy atom. The Morgan fingerprint density at radius 2 is 2.00 bits per heavy atom. The van der Waals surface area contributed by atoms with Crippen LogP contribution in [0.3, 0.4) is 0 Å². The van der Waals surface area contributed by atoms with Crippen molar-refractivity contribution >= 4 is 22.8 Å². The molecule has 3 aromatic rings. The summed E-state index contributed by atoms with van der Waals surface area (Å²) in [5.74, 6) is -0.558. The molecule has 1 saturated heterocycles. The lowest BCUT2D eigenvalue weighted by Gasteiger charge is -2.36. The largest absolute Gasteiger partial charge is 0.508 e. The summed E-state index contributed by atoms with van der Waals surface area (Å²) in [5, 5.41) is 10.7. The standard InChI is InChI=1S/C20H16FN3O3/c1-23-19(26)16-9-14-13-8-11(21)5-6-15(13)22-17(14)18(24(16)20(23)27)10-3-2-4-12(25)7-10/h2-8,16,18,22,25H,9H2,1H3. The van der Waals surface area contributed by atoms with Crippen molar-refractivity contribution in [2.45, 2.75) is 18.5 Å². The van der Waals surface area contributed by atoms with Crippen LogP contribution in [0.15, 0.2) is 42.5 Å². The number of benzene rings is 2. The highest BCUT2D eigenvalue weighted by Gasteiger charge is 2.51. The van der Waals surface area contributed by atoms with Crippen LogP contribution in [-0.4, -0.2) is 44.9 Å². The minimum absolute atomic E-state index is 0.0738. The zero-order chi connectivity index (χ0) is 18.9. The first-order chi connectivity index (χ1) is 13.0. The second kappa shape index (κ2) is 5.33. The van der Waals surface area contributed by atoms with Crippen molar-refractivity contribution < 1.29 is 19.1 Å². The molecule has 136 valence electrons. The molecule has 0 bridgehead atoms. The summed E-state index contributed by atoms with van der Waals surface area (Å²) in [7, 11) is 1.47. The number of fused-ring (bicyclic) bond motifs is 4. The molecule has 0 aliphatic carbocycles. The predicted molar refractivity (Wildman–Crippen MR) is 95.7 cm³/mol. The molecular formula is C20H16FN3O3. The van der Waals surface area contributed by atoms with Crippen molar-refractivity contribution in [3.63, 3.8) is 0 Å². The van der Waals surface area contributed by atoms with E-state index in [1.54, 1.807) is 35.2 Å². The molecule has 0 saturated carbocycles. The van der Waals surface area contributed by atoms with Crippen LogP contribution < -0.4 is 0 Å². The van der Waals surface area contributed by atoms with Crippen LogP contribution >= 0.6 is 0 Å². The fourth-order valence-electron chi connectivity index (χ4n) is 4.27. The predicted octanol–water partition coefficient (Wildman–Crippen LogP) is 2.92. The van der Waals surface area contributed by atoms with E-state index in [1.165, 1.54) is 19.2 Å². The van der Waals surface area contributed by atoms with E-state index in [-0.39, 0.29) is 23.5 Å². The summed E-state index contributed by atoms with van der Waals surface area (Å²) < 4.78 is 13.8. The average Bonchev–Trinajstić information content (AvgIpc) is 3.11. The van der Waals surface area contributed by atoms with E-state index < -0.39 is 12.1 Å². The molecule has 1 fully saturated rings. The van der Waals surface area contributed by atoms with Gasteiger partial charge in [-0.25, -0.2) is 9.18 Å². The number of aromatic amines is 1. The maximum atomic E-state index is 13.8. The number of nitrogens with one attached hydrogen (secondary N) is 1. The van der Waals surface area contributed by atoms with Crippen molar-refractivity contribution in [1.29, 1.82) is 0 Å². The summed E-state index contributed by atoms with van der Waals surface area (Å²) >= 11 is 0. The maximum Gasteiger partial charge on any atom is 0.328 e. The van der Waals surface area contributed by atoms with Gasteiger partial charge in [0.1, 0.15) is 23.7 Å². The summed E-state index contributed by atoms with van der Waals surface area (Å²) in [4.78, 5) is 31.4. The second-order valence-corrected chi connectivity index (χ2v) is 7.01. The Morgan fingerprint density at radius 3 is 2.78 bits per heavy atom. The zero-order valence-corrected chi connectivity index (χ0v) is 14.4. The number of carbonyl (C=O) groups is 2. The van der Waals surface area contributed by atoms with Crippen molar-refractivity contribution in [1.82, 2.24) is 14.8 Å². The lowest BCUT2D eigenvalue weighted by Crippen LogP contribution is -2.44. The molecule has 2 aromatic carbocycles. The molecule has 2 aliphatic heterocycles. The van der Waals surface area contributed by atoms with Crippen LogP contribution in [0.2, 0.25) is 0 Å². The molecule has 2 unspecified atom stereocenters. The third-order valence-corrected chi connectivity index (χ3v) is 5.50. The SMILES string of the molecule is CN1C(=O)C2Cc3c([nH]c4ccc(F)cc34)C(c3cccc(O)c3)N2C1=O. The Labute approximate surface area is 153 Å². The van der Waals surface area contributed by atoms with Gasteiger partial charge in [0.05, 0.1) is 0 Å². The van der Waals surface area contributed by atoms with Crippen molar-refractivity contribution in [2.24, 2.45) is 0 Å². The Hall–Kier alpha value is -3.35. The monoisotopic (exact) mass is 365 g/mol. The number of phenolic OH excluding ortho intramolecular Hbond substituents is 1. The first-order valence-electron chi connectivity index (χ1n) is 8.64. The van der Waals surface area contributed by atoms with Gasteiger partial charge in [-0.15, -0.1) is 0 Å². The summed E-state index contributed by atoms with van der Waals surface area (Å²) in [6.45, 7) is 0. The molecule has 7 heteroatoms. The fraction of sp³-hybridized carbons (Fsp3) is 0.200. The van der Waals surface area contributed by atoms with Gasteiger partial charge in [-0.05, 0) is 41.5 Å². The van der Waals surface area contributed by atoms with Crippen LogP contribution in [0.25, 0.3) is 10.9 Å². The minimum Gasteiger partial charge on any atom is -0.508 e. The minimum atomic E-state index is -0.649. The first kappa shape index (κ1) is 15.9. The molecule has 0 radical (unpaired) electrons. The maximum absolute atomic E-state index is 13.8. The molecular weight excluding hydrogens is 349 g/mol. The fourth-order valence-corrected chi connectivity index (χ4v) is 4.27. The number of hydrogen-bond donors (Lipinski definition) is 2. The number of likely N-dealkylation sites (N-methyl/N-ethyl adjacent to an activating group) is 1. The average molecular weight is 365 g/mol. The smallest absolute Gasteiger partial charge is 0.328 e. The number of rotatable bonds is 1. The van der Waals surface area contributed by atoms with E-state index in [0.717, 1.165) is 21.7 Å². The molecule has 2 atom stereocenters. The third-order valence-electron chi connectivity index (χ3n) is 5.50. The summed E-state index contributed by atoms with van der Waals surface area (Å²) in [6, 6.07) is 9.52. The topological polar surface area (TPSA) is 76.6 Å². The van der Waals surface area contributed by atoms with Gasteiger partial charge >= 0.3 is 6.03 Å². The molecule has 3 heterocycles. The summed E-state index contributed by atoms with van der Waals surface area (Å²) in [6.07, 6.45) is 0.322. The highest BCUT2D eigenvalue weighted by molar-refractivity contribution is 6.05. The van der Waals surface area contributed by atoms with Gasteiger partial charge in [-0.2, -0.15) is 0 Å². The van der Waals surface area contributed by atoms with Gasteiger partial charge in [0.25, 0.3) is 5.91 Å². The third kappa shape index (κ3) is 2.11. The number of nitrogens with zero attached hydrogens (tertiary/aromatic N) is 2. The van der Waals surface area contributed by atoms with E-state index in [4.69, 9.17) is 0 Å². The lowest BCUT2D eigenvalue weighted by molar-refractivity contribution is -0.127. The molecule has 27 heavy (non-hydrogen) atoms.